The standard InChI is InChI=1S/C18H18ClFN2O6S2/c19-14-9-12(20)1-3-15(14)21-16(23)11-28-17(24)10-13-2-4-18(29-13)30(25,26)22-5-7-27-8-6-22/h1-4,9H,5-8,10-11H2,(H,21,23). The van der Waals surface area contributed by atoms with Gasteiger partial charge in [-0.25, -0.2) is 12.8 Å². The van der Waals surface area contributed by atoms with Crippen LogP contribution in [0.5, 0.6) is 0 Å². The van der Waals surface area contributed by atoms with Crippen LogP contribution in [0.15, 0.2) is 34.5 Å². The number of esters is 1. The molecule has 2 aromatic rings. The van der Waals surface area contributed by atoms with E-state index in [1.807, 2.05) is 0 Å². The quantitative estimate of drug-likeness (QED) is 0.615. The average molecular weight is 477 g/mol. The van der Waals surface area contributed by atoms with Crippen LogP contribution in [0.25, 0.3) is 0 Å². The van der Waals surface area contributed by atoms with Gasteiger partial charge in [-0.15, -0.1) is 11.3 Å². The van der Waals surface area contributed by atoms with Crippen molar-refractivity contribution in [2.24, 2.45) is 0 Å². The van der Waals surface area contributed by atoms with Crippen molar-refractivity contribution in [1.82, 2.24) is 4.31 Å². The fourth-order valence-electron chi connectivity index (χ4n) is 2.62. The molecule has 1 N–H and O–H groups in total. The Balaban J connectivity index is 1.51. The van der Waals surface area contributed by atoms with Crippen LogP contribution < -0.4 is 5.32 Å². The van der Waals surface area contributed by atoms with Crippen LogP contribution in [0.3, 0.4) is 0 Å². The van der Waals surface area contributed by atoms with E-state index >= 15 is 0 Å². The summed E-state index contributed by atoms with van der Waals surface area (Å²) >= 11 is 6.80. The predicted molar refractivity (Wildman–Crippen MR) is 109 cm³/mol. The molecule has 0 radical (unpaired) electrons. The summed E-state index contributed by atoms with van der Waals surface area (Å²) in [6, 6.07) is 6.45. The van der Waals surface area contributed by atoms with E-state index in [1.54, 1.807) is 0 Å². The zero-order valence-electron chi connectivity index (χ0n) is 15.6. The Hall–Kier alpha value is -2.05. The summed E-state index contributed by atoms with van der Waals surface area (Å²) in [6.07, 6.45) is -0.173. The van der Waals surface area contributed by atoms with Crippen molar-refractivity contribution in [3.8, 4) is 0 Å². The van der Waals surface area contributed by atoms with Crippen LogP contribution in [-0.4, -0.2) is 57.5 Å². The number of halogens is 2. The molecule has 30 heavy (non-hydrogen) atoms. The number of hydrogen-bond acceptors (Lipinski definition) is 7. The van der Waals surface area contributed by atoms with Crippen LogP contribution in [-0.2, 0) is 35.5 Å². The maximum atomic E-state index is 13.0. The zero-order chi connectivity index (χ0) is 21.7. The molecule has 0 atom stereocenters. The van der Waals surface area contributed by atoms with Gasteiger partial charge in [0.25, 0.3) is 15.9 Å². The van der Waals surface area contributed by atoms with Gasteiger partial charge in [0.05, 0.1) is 30.3 Å². The second-order valence-electron chi connectivity index (χ2n) is 6.25. The first kappa shape index (κ1) is 22.6. The van der Waals surface area contributed by atoms with E-state index in [9.17, 15) is 22.4 Å². The van der Waals surface area contributed by atoms with Gasteiger partial charge in [0.1, 0.15) is 10.0 Å². The number of nitrogens with zero attached hydrogens (tertiary/aromatic N) is 1. The second kappa shape index (κ2) is 9.84. The maximum absolute atomic E-state index is 13.0. The van der Waals surface area contributed by atoms with Gasteiger partial charge in [-0.2, -0.15) is 4.31 Å². The fraction of sp³-hybridized carbons (Fsp3) is 0.333. The van der Waals surface area contributed by atoms with Crippen LogP contribution in [0.2, 0.25) is 5.02 Å². The first-order chi connectivity index (χ1) is 14.3. The first-order valence-corrected chi connectivity index (χ1v) is 11.5. The lowest BCUT2D eigenvalue weighted by atomic mass is 10.3. The number of morpholine rings is 1. The van der Waals surface area contributed by atoms with Gasteiger partial charge in [0, 0.05) is 18.0 Å². The SMILES string of the molecule is O=C(COC(=O)Cc1ccc(S(=O)(=O)N2CCOCC2)s1)Nc1ccc(F)cc1Cl. The van der Waals surface area contributed by atoms with Crippen molar-refractivity contribution < 1.29 is 31.9 Å². The highest BCUT2D eigenvalue weighted by Gasteiger charge is 2.28. The first-order valence-electron chi connectivity index (χ1n) is 8.83. The van der Waals surface area contributed by atoms with E-state index in [0.717, 1.165) is 23.5 Å². The number of carbonyl (C=O) groups excluding carboxylic acids is 2. The summed E-state index contributed by atoms with van der Waals surface area (Å²) in [5.74, 6) is -1.87. The lowest BCUT2D eigenvalue weighted by Gasteiger charge is -2.25. The minimum atomic E-state index is -3.63. The van der Waals surface area contributed by atoms with E-state index in [4.69, 9.17) is 21.1 Å². The number of anilines is 1. The van der Waals surface area contributed by atoms with Crippen molar-refractivity contribution in [1.29, 1.82) is 0 Å². The summed E-state index contributed by atoms with van der Waals surface area (Å²) in [4.78, 5) is 24.4. The lowest BCUT2D eigenvalue weighted by molar-refractivity contribution is -0.146. The Bertz CT molecular complexity index is 1040. The molecular weight excluding hydrogens is 459 g/mol. The van der Waals surface area contributed by atoms with Crippen molar-refractivity contribution in [3.05, 3.63) is 46.0 Å². The van der Waals surface area contributed by atoms with Gasteiger partial charge in [-0.3, -0.25) is 9.59 Å². The topological polar surface area (TPSA) is 102 Å². The molecule has 1 aromatic carbocycles. The third-order valence-electron chi connectivity index (χ3n) is 4.09. The van der Waals surface area contributed by atoms with Crippen LogP contribution in [0.1, 0.15) is 4.88 Å². The monoisotopic (exact) mass is 476 g/mol. The number of nitrogens with one attached hydrogen (secondary N) is 1. The van der Waals surface area contributed by atoms with E-state index < -0.39 is 34.3 Å². The highest BCUT2D eigenvalue weighted by molar-refractivity contribution is 7.91. The van der Waals surface area contributed by atoms with Crippen molar-refractivity contribution in [2.75, 3.05) is 38.2 Å². The number of ether oxygens (including phenoxy) is 2. The number of rotatable bonds is 7. The molecule has 1 aliphatic heterocycles. The van der Waals surface area contributed by atoms with E-state index in [1.165, 1.54) is 22.5 Å². The molecule has 1 fully saturated rings. The number of amides is 1. The third kappa shape index (κ3) is 5.76. The van der Waals surface area contributed by atoms with Crippen molar-refractivity contribution >= 4 is 50.5 Å². The number of hydrogen-bond donors (Lipinski definition) is 1. The summed E-state index contributed by atoms with van der Waals surface area (Å²) in [5.41, 5.74) is 0.190. The summed E-state index contributed by atoms with van der Waals surface area (Å²) in [7, 11) is -3.63. The van der Waals surface area contributed by atoms with E-state index in [-0.39, 0.29) is 34.4 Å². The molecule has 1 saturated heterocycles. The third-order valence-corrected chi connectivity index (χ3v) is 7.85. The Morgan fingerprint density at radius 2 is 1.97 bits per heavy atom. The van der Waals surface area contributed by atoms with Crippen molar-refractivity contribution in [2.45, 2.75) is 10.6 Å². The Morgan fingerprint density at radius 1 is 1.23 bits per heavy atom. The van der Waals surface area contributed by atoms with E-state index in [2.05, 4.69) is 5.32 Å². The molecule has 162 valence electrons. The van der Waals surface area contributed by atoms with E-state index in [0.29, 0.717) is 18.1 Å². The molecule has 0 spiro atoms. The molecular formula is C18H18ClFN2O6S2. The van der Waals surface area contributed by atoms with Gasteiger partial charge in [-0.1, -0.05) is 11.6 Å². The molecule has 0 unspecified atom stereocenters. The molecule has 1 aliphatic rings. The Labute approximate surface area is 181 Å². The molecule has 2 heterocycles. The van der Waals surface area contributed by atoms with Gasteiger partial charge in [0.2, 0.25) is 0 Å². The predicted octanol–water partition coefficient (Wildman–Crippen LogP) is 2.29. The average Bonchev–Trinajstić information content (AvgIpc) is 3.18. The van der Waals surface area contributed by atoms with Crippen LogP contribution in [0, 0.1) is 5.82 Å². The smallest absolute Gasteiger partial charge is 0.311 e. The maximum Gasteiger partial charge on any atom is 0.311 e. The van der Waals surface area contributed by atoms with Gasteiger partial charge in [0.15, 0.2) is 6.61 Å². The Kier molecular flexibility index (Phi) is 7.42. The molecule has 0 aliphatic carbocycles. The number of carbonyl (C=O) groups is 2. The van der Waals surface area contributed by atoms with Gasteiger partial charge < -0.3 is 14.8 Å². The molecule has 1 amide bonds. The Morgan fingerprint density at radius 3 is 2.67 bits per heavy atom. The normalized spacial score (nSPS) is 15.0. The second-order valence-corrected chi connectivity index (χ2v) is 9.99. The van der Waals surface area contributed by atoms with Gasteiger partial charge in [-0.05, 0) is 30.3 Å². The summed E-state index contributed by atoms with van der Waals surface area (Å²) in [6.45, 7) is 0.691. The summed E-state index contributed by atoms with van der Waals surface area (Å²) in [5, 5.41) is 2.43. The zero-order valence-corrected chi connectivity index (χ0v) is 18.0. The minimum absolute atomic E-state index is 0.0160. The number of sulfonamides is 1. The number of thiophene rings is 1. The molecule has 3 rings (SSSR count). The summed E-state index contributed by atoms with van der Waals surface area (Å²) < 4.78 is 49.8. The lowest BCUT2D eigenvalue weighted by Crippen LogP contribution is -2.40. The van der Waals surface area contributed by atoms with Gasteiger partial charge >= 0.3 is 5.97 Å². The largest absolute Gasteiger partial charge is 0.455 e. The highest BCUT2D eigenvalue weighted by Crippen LogP contribution is 2.26. The molecule has 0 bridgehead atoms. The molecule has 12 heteroatoms. The molecule has 1 aromatic heterocycles. The van der Waals surface area contributed by atoms with Crippen LogP contribution in [0.4, 0.5) is 10.1 Å². The van der Waals surface area contributed by atoms with Crippen molar-refractivity contribution in [3.63, 3.8) is 0 Å². The van der Waals surface area contributed by atoms with Crippen LogP contribution >= 0.6 is 22.9 Å². The fourth-order valence-corrected chi connectivity index (χ4v) is 5.74. The number of benzene rings is 1. The molecule has 0 saturated carbocycles. The highest BCUT2D eigenvalue weighted by atomic mass is 35.5. The minimum Gasteiger partial charge on any atom is -0.455 e. The molecule has 8 nitrogen and oxygen atoms in total.